The number of allylic oxidation sites excluding steroid dienone is 3. The van der Waals surface area contributed by atoms with Crippen LogP contribution in [0.5, 0.6) is 0 Å². The highest BCUT2D eigenvalue weighted by Gasteiger charge is 2.42. The van der Waals surface area contributed by atoms with E-state index >= 15 is 0 Å². The van der Waals surface area contributed by atoms with Crippen molar-refractivity contribution in [3.05, 3.63) is 104 Å². The summed E-state index contributed by atoms with van der Waals surface area (Å²) in [6, 6.07) is 17.8. The molecule has 5 nitrogen and oxygen atoms in total. The highest BCUT2D eigenvalue weighted by atomic mass is 32.1. The smallest absolute Gasteiger partial charge is 0.336 e. The Morgan fingerprint density at radius 1 is 1.09 bits per heavy atom. The maximum absolute atomic E-state index is 13.5. The normalized spacial score (nSPS) is 20.2. The van der Waals surface area contributed by atoms with Gasteiger partial charge >= 0.3 is 5.97 Å². The zero-order chi connectivity index (χ0) is 23.7. The lowest BCUT2D eigenvalue weighted by Crippen LogP contribution is -2.36. The van der Waals surface area contributed by atoms with Crippen molar-refractivity contribution in [2.45, 2.75) is 44.9 Å². The van der Waals surface area contributed by atoms with E-state index in [0.29, 0.717) is 35.4 Å². The number of Topliss-reactive ketones (excluding diaryl/α,β-unsaturated/α-hetero) is 1. The molecule has 3 heterocycles. The van der Waals surface area contributed by atoms with Gasteiger partial charge in [0.15, 0.2) is 5.78 Å². The van der Waals surface area contributed by atoms with Crippen LogP contribution in [-0.2, 0) is 20.7 Å². The minimum Gasteiger partial charge on any atom is -0.465 e. The molecule has 2 unspecified atom stereocenters. The molecular formula is C28H27NO4S. The van der Waals surface area contributed by atoms with Gasteiger partial charge in [0.25, 0.3) is 0 Å². The second kappa shape index (κ2) is 9.47. The number of nitrogens with one attached hydrogen (secondary N) is 1. The molecule has 0 fully saturated rings. The Morgan fingerprint density at radius 2 is 1.91 bits per heavy atom. The number of ether oxygens (including phenoxy) is 1. The van der Waals surface area contributed by atoms with Crippen LogP contribution >= 0.6 is 11.3 Å². The fourth-order valence-electron chi connectivity index (χ4n) is 4.91. The fraction of sp³-hybridized carbons (Fsp3) is 0.286. The monoisotopic (exact) mass is 473 g/mol. The van der Waals surface area contributed by atoms with Gasteiger partial charge in [0, 0.05) is 40.6 Å². The molecule has 0 saturated heterocycles. The number of furan rings is 1. The number of hydrogen-bond donors (Lipinski definition) is 1. The maximum Gasteiger partial charge on any atom is 0.336 e. The first-order chi connectivity index (χ1) is 16.5. The van der Waals surface area contributed by atoms with Crippen molar-refractivity contribution in [3.63, 3.8) is 0 Å². The van der Waals surface area contributed by atoms with Gasteiger partial charge in [-0.25, -0.2) is 4.79 Å². The Kier molecular flexibility index (Phi) is 6.24. The van der Waals surface area contributed by atoms with Gasteiger partial charge in [0.2, 0.25) is 0 Å². The number of aryl methyl sites for hydroxylation is 1. The molecule has 2 atom stereocenters. The highest BCUT2D eigenvalue weighted by molar-refractivity contribution is 7.10. The minimum absolute atomic E-state index is 0.0493. The summed E-state index contributed by atoms with van der Waals surface area (Å²) in [5.41, 5.74) is 3.77. The van der Waals surface area contributed by atoms with Gasteiger partial charge in [-0.15, -0.1) is 11.3 Å². The molecular weight excluding hydrogens is 446 g/mol. The summed E-state index contributed by atoms with van der Waals surface area (Å²) < 4.78 is 11.7. The highest BCUT2D eigenvalue weighted by Crippen LogP contribution is 2.46. The third-order valence-electron chi connectivity index (χ3n) is 6.51. The van der Waals surface area contributed by atoms with Crippen LogP contribution in [0, 0.1) is 6.92 Å². The van der Waals surface area contributed by atoms with Crippen LogP contribution in [0.25, 0.3) is 0 Å². The van der Waals surface area contributed by atoms with Gasteiger partial charge < -0.3 is 14.5 Å². The summed E-state index contributed by atoms with van der Waals surface area (Å²) in [6.07, 6.45) is 1.78. The van der Waals surface area contributed by atoms with Crippen molar-refractivity contribution in [1.29, 1.82) is 0 Å². The van der Waals surface area contributed by atoms with Crippen molar-refractivity contribution in [2.24, 2.45) is 0 Å². The molecule has 6 heteroatoms. The van der Waals surface area contributed by atoms with Gasteiger partial charge in [0.05, 0.1) is 18.1 Å². The lowest BCUT2D eigenvalue weighted by Gasteiger charge is -2.35. The van der Waals surface area contributed by atoms with E-state index < -0.39 is 11.9 Å². The number of ketones is 1. The number of hydrogen-bond acceptors (Lipinski definition) is 6. The zero-order valence-electron chi connectivity index (χ0n) is 19.3. The van der Waals surface area contributed by atoms with Gasteiger partial charge in [-0.1, -0.05) is 36.4 Å². The molecule has 0 radical (unpaired) electrons. The zero-order valence-corrected chi connectivity index (χ0v) is 20.1. The Balaban J connectivity index is 1.44. The van der Waals surface area contributed by atoms with E-state index in [1.54, 1.807) is 11.3 Å². The molecule has 1 aromatic carbocycles. The SMILES string of the molecule is CC1=C(C(=O)OCCc2ccccc2)C(c2ccc(C)o2)C2=C(CC(c3cccs3)CC2=O)N1. The molecule has 34 heavy (non-hydrogen) atoms. The standard InChI is InChI=1S/C28H27NO4S/c1-17-10-11-23(33-17)27-25(28(31)32-13-12-19-7-4-3-5-8-19)18(2)29-21-15-20(16-22(30)26(21)27)24-9-6-14-34-24/h3-11,14,20,27,29H,12-13,15-16H2,1-2H3. The minimum atomic E-state index is -0.564. The van der Waals surface area contributed by atoms with Crippen molar-refractivity contribution >= 4 is 23.1 Å². The summed E-state index contributed by atoms with van der Waals surface area (Å²) in [7, 11) is 0. The average Bonchev–Trinajstić information content (AvgIpc) is 3.51. The third-order valence-corrected chi connectivity index (χ3v) is 7.54. The largest absolute Gasteiger partial charge is 0.465 e. The molecule has 1 N–H and O–H groups in total. The van der Waals surface area contributed by atoms with Gasteiger partial charge in [-0.2, -0.15) is 0 Å². The van der Waals surface area contributed by atoms with Crippen molar-refractivity contribution in [1.82, 2.24) is 5.32 Å². The van der Waals surface area contributed by atoms with Gasteiger partial charge in [-0.3, -0.25) is 4.79 Å². The van der Waals surface area contributed by atoms with E-state index in [-0.39, 0.29) is 18.3 Å². The molecule has 0 bridgehead atoms. The topological polar surface area (TPSA) is 68.5 Å². The molecule has 0 spiro atoms. The van der Waals surface area contributed by atoms with Gasteiger partial charge in [-0.05, 0) is 49.4 Å². The van der Waals surface area contributed by atoms with Crippen molar-refractivity contribution in [3.8, 4) is 0 Å². The number of rotatable bonds is 6. The van der Waals surface area contributed by atoms with E-state index in [9.17, 15) is 9.59 Å². The summed E-state index contributed by atoms with van der Waals surface area (Å²) in [4.78, 5) is 28.0. The summed E-state index contributed by atoms with van der Waals surface area (Å²) in [5.74, 6) is 0.553. The van der Waals surface area contributed by atoms with E-state index in [0.717, 1.165) is 23.4 Å². The van der Waals surface area contributed by atoms with E-state index in [2.05, 4.69) is 11.4 Å². The Hall–Kier alpha value is -3.38. The van der Waals surface area contributed by atoms with Crippen LogP contribution in [0.15, 0.2) is 86.9 Å². The Labute approximate surface area is 203 Å². The molecule has 1 aliphatic heterocycles. The number of esters is 1. The summed E-state index contributed by atoms with van der Waals surface area (Å²) >= 11 is 1.68. The van der Waals surface area contributed by atoms with E-state index in [4.69, 9.17) is 9.15 Å². The van der Waals surface area contributed by atoms with Crippen LogP contribution in [0.4, 0.5) is 0 Å². The third kappa shape index (κ3) is 4.38. The van der Waals surface area contributed by atoms with Crippen LogP contribution in [0.2, 0.25) is 0 Å². The number of carbonyl (C=O) groups excluding carboxylic acids is 2. The molecule has 3 aromatic rings. The molecule has 174 valence electrons. The predicted octanol–water partition coefficient (Wildman–Crippen LogP) is 5.80. The van der Waals surface area contributed by atoms with Crippen LogP contribution in [0.1, 0.15) is 53.6 Å². The first-order valence-electron chi connectivity index (χ1n) is 11.6. The number of benzene rings is 1. The Bertz CT molecular complexity index is 1270. The second-order valence-electron chi connectivity index (χ2n) is 8.85. The molecule has 2 aliphatic rings. The molecule has 0 saturated carbocycles. The predicted molar refractivity (Wildman–Crippen MR) is 131 cm³/mol. The first kappa shape index (κ1) is 22.4. The summed E-state index contributed by atoms with van der Waals surface area (Å²) in [5, 5.41) is 5.43. The van der Waals surface area contributed by atoms with E-state index in [1.165, 1.54) is 4.88 Å². The van der Waals surface area contributed by atoms with Crippen LogP contribution in [0.3, 0.4) is 0 Å². The van der Waals surface area contributed by atoms with Crippen molar-refractivity contribution in [2.75, 3.05) is 6.61 Å². The number of dihydropyridines is 1. The first-order valence-corrected chi connectivity index (χ1v) is 12.4. The fourth-order valence-corrected chi connectivity index (χ4v) is 5.74. The second-order valence-corrected chi connectivity index (χ2v) is 9.83. The quantitative estimate of drug-likeness (QED) is 0.459. The lowest BCUT2D eigenvalue weighted by atomic mass is 9.74. The van der Waals surface area contributed by atoms with Crippen molar-refractivity contribution < 1.29 is 18.7 Å². The number of thiophene rings is 1. The van der Waals surface area contributed by atoms with E-state index in [1.807, 2.05) is 67.8 Å². The molecule has 0 amide bonds. The number of carbonyl (C=O) groups is 2. The van der Waals surface area contributed by atoms with Crippen LogP contribution < -0.4 is 5.32 Å². The lowest BCUT2D eigenvalue weighted by molar-refractivity contribution is -0.139. The van der Waals surface area contributed by atoms with Gasteiger partial charge in [0.1, 0.15) is 11.5 Å². The van der Waals surface area contributed by atoms with Crippen LogP contribution in [-0.4, -0.2) is 18.4 Å². The summed E-state index contributed by atoms with van der Waals surface area (Å²) in [6.45, 7) is 4.01. The average molecular weight is 474 g/mol. The Morgan fingerprint density at radius 3 is 2.62 bits per heavy atom. The molecule has 1 aliphatic carbocycles. The molecule has 2 aromatic heterocycles. The molecule has 5 rings (SSSR count). The maximum atomic E-state index is 13.5.